The highest BCUT2D eigenvalue weighted by Crippen LogP contribution is 2.06. The molecule has 17 heteroatoms. The first kappa shape index (κ1) is 34.0. The van der Waals surface area contributed by atoms with Crippen molar-refractivity contribution in [3.63, 3.8) is 0 Å². The Kier molecular flexibility index (Phi) is 16.4. The number of unbranched alkanes of at least 4 members (excludes halogenated alkanes) is 1. The van der Waals surface area contributed by atoms with Crippen molar-refractivity contribution < 1.29 is 44.1 Å². The van der Waals surface area contributed by atoms with E-state index in [1.807, 2.05) is 0 Å². The van der Waals surface area contributed by atoms with Gasteiger partial charge in [0.15, 0.2) is 5.96 Å². The maximum atomic E-state index is 13.0. The predicted octanol–water partition coefficient (Wildman–Crippen LogP) is -3.63. The molecule has 0 rings (SSSR count). The Morgan fingerprint density at radius 2 is 1.26 bits per heavy atom. The average Bonchev–Trinajstić information content (AvgIpc) is 2.82. The summed E-state index contributed by atoms with van der Waals surface area (Å²) in [6.07, 6.45) is -0.443. The lowest BCUT2D eigenvalue weighted by molar-refractivity contribution is -0.144. The number of carboxylic acid groups (broad SMARTS) is 3. The number of nitrogens with zero attached hydrogens (tertiary/aromatic N) is 1. The van der Waals surface area contributed by atoms with E-state index in [0.29, 0.717) is 19.4 Å². The maximum absolute atomic E-state index is 13.0. The molecule has 0 fully saturated rings. The minimum Gasteiger partial charge on any atom is -0.481 e. The van der Waals surface area contributed by atoms with Crippen molar-refractivity contribution >= 4 is 41.6 Å². The van der Waals surface area contributed by atoms with Gasteiger partial charge in [-0.2, -0.15) is 0 Å². The van der Waals surface area contributed by atoms with Gasteiger partial charge in [0.1, 0.15) is 18.1 Å². The fourth-order valence-corrected chi connectivity index (χ4v) is 3.14. The van der Waals surface area contributed by atoms with Crippen molar-refractivity contribution in [1.82, 2.24) is 16.0 Å². The lowest BCUT2D eigenvalue weighted by Gasteiger charge is -2.24. The Morgan fingerprint density at radius 3 is 1.79 bits per heavy atom. The van der Waals surface area contributed by atoms with Gasteiger partial charge in [0.05, 0.1) is 12.5 Å². The zero-order chi connectivity index (χ0) is 29.3. The van der Waals surface area contributed by atoms with Gasteiger partial charge in [-0.3, -0.25) is 29.0 Å². The van der Waals surface area contributed by atoms with Crippen molar-refractivity contribution in [1.29, 1.82) is 0 Å². The molecule has 0 radical (unpaired) electrons. The second-order valence-corrected chi connectivity index (χ2v) is 8.39. The van der Waals surface area contributed by atoms with Crippen molar-refractivity contribution in [2.75, 3.05) is 13.1 Å². The third kappa shape index (κ3) is 15.2. The number of nitrogens with two attached hydrogens (primary N) is 4. The highest BCUT2D eigenvalue weighted by Gasteiger charge is 2.31. The molecule has 0 saturated carbocycles. The average molecular weight is 547 g/mol. The van der Waals surface area contributed by atoms with Crippen molar-refractivity contribution in [3.8, 4) is 0 Å². The Hall–Kier alpha value is -3.99. The Bertz CT molecular complexity index is 864. The summed E-state index contributed by atoms with van der Waals surface area (Å²) < 4.78 is 0. The van der Waals surface area contributed by atoms with E-state index in [-0.39, 0.29) is 38.2 Å². The van der Waals surface area contributed by atoms with E-state index in [4.69, 9.17) is 28.0 Å². The summed E-state index contributed by atoms with van der Waals surface area (Å²) in [6.45, 7) is 0.392. The fraction of sp³-hybridized carbons (Fsp3) is 0.667. The second-order valence-electron chi connectivity index (χ2n) is 8.39. The summed E-state index contributed by atoms with van der Waals surface area (Å²) in [4.78, 5) is 75.5. The van der Waals surface area contributed by atoms with E-state index in [2.05, 4.69) is 20.9 Å². The lowest BCUT2D eigenvalue weighted by atomic mass is 10.1. The summed E-state index contributed by atoms with van der Waals surface area (Å²) in [5.41, 5.74) is 21.6. The summed E-state index contributed by atoms with van der Waals surface area (Å²) >= 11 is 0. The molecule has 216 valence electrons. The molecule has 38 heavy (non-hydrogen) atoms. The highest BCUT2D eigenvalue weighted by atomic mass is 16.4. The molecular formula is C21H38N8O9. The molecule has 0 aliphatic heterocycles. The summed E-state index contributed by atoms with van der Waals surface area (Å²) in [5, 5.41) is 34.1. The molecule has 0 aliphatic carbocycles. The highest BCUT2D eigenvalue weighted by molar-refractivity contribution is 5.95. The van der Waals surface area contributed by atoms with E-state index < -0.39 is 72.6 Å². The zero-order valence-corrected chi connectivity index (χ0v) is 20.9. The van der Waals surface area contributed by atoms with Crippen LogP contribution in [0, 0.1) is 0 Å². The van der Waals surface area contributed by atoms with Gasteiger partial charge in [-0.15, -0.1) is 0 Å². The van der Waals surface area contributed by atoms with Crippen molar-refractivity contribution in [3.05, 3.63) is 0 Å². The van der Waals surface area contributed by atoms with E-state index in [1.165, 1.54) is 0 Å². The van der Waals surface area contributed by atoms with Gasteiger partial charge in [0.2, 0.25) is 17.7 Å². The van der Waals surface area contributed by atoms with Gasteiger partial charge in [0, 0.05) is 13.0 Å². The molecular weight excluding hydrogens is 508 g/mol. The fourth-order valence-electron chi connectivity index (χ4n) is 3.14. The molecule has 0 aliphatic rings. The number of hydrogen-bond acceptors (Lipinski definition) is 9. The van der Waals surface area contributed by atoms with Crippen LogP contribution in [0.4, 0.5) is 0 Å². The van der Waals surface area contributed by atoms with Gasteiger partial charge < -0.3 is 54.2 Å². The number of amides is 3. The molecule has 0 aromatic heterocycles. The van der Waals surface area contributed by atoms with Crippen LogP contribution >= 0.6 is 0 Å². The molecule has 0 aromatic carbocycles. The second kappa shape index (κ2) is 18.3. The van der Waals surface area contributed by atoms with Gasteiger partial charge >= 0.3 is 17.9 Å². The number of guanidine groups is 1. The number of nitrogens with one attached hydrogen (secondary N) is 3. The first-order valence-corrected chi connectivity index (χ1v) is 11.9. The first-order valence-electron chi connectivity index (χ1n) is 11.9. The molecule has 3 amide bonds. The van der Waals surface area contributed by atoms with E-state index in [9.17, 15) is 39.0 Å². The van der Waals surface area contributed by atoms with Crippen LogP contribution in [0.25, 0.3) is 0 Å². The quantitative estimate of drug-likeness (QED) is 0.0401. The Morgan fingerprint density at radius 1 is 0.711 bits per heavy atom. The van der Waals surface area contributed by atoms with E-state index >= 15 is 0 Å². The normalized spacial score (nSPS) is 13.7. The SMILES string of the molecule is NCCCCC(NC(=O)C(CC(=O)O)NC(=O)C(CCCN=C(N)N)NC(=O)C(N)CCC(=O)O)C(=O)O. The maximum Gasteiger partial charge on any atom is 0.326 e. The summed E-state index contributed by atoms with van der Waals surface area (Å²) in [5.74, 6) is -7.04. The lowest BCUT2D eigenvalue weighted by Crippen LogP contribution is -2.57. The van der Waals surface area contributed by atoms with Crippen LogP contribution in [0.2, 0.25) is 0 Å². The van der Waals surface area contributed by atoms with Crippen LogP contribution in [0.15, 0.2) is 4.99 Å². The standard InChI is InChI=1S/C21H38N8O9/c22-8-2-1-4-13(20(37)38)28-19(36)14(10-16(32)33)29-18(35)12(5-3-9-26-21(24)25)27-17(34)11(23)6-7-15(30)31/h11-14H,1-10,22-23H2,(H,27,34)(H,28,36)(H,29,35)(H,30,31)(H,32,33)(H,37,38)(H4,24,25,26). The topological polar surface area (TPSA) is 316 Å². The van der Waals surface area contributed by atoms with Crippen molar-refractivity contribution in [2.24, 2.45) is 27.9 Å². The van der Waals surface area contributed by atoms with Crippen molar-refractivity contribution in [2.45, 2.75) is 75.5 Å². The van der Waals surface area contributed by atoms with Crippen LogP contribution in [0.5, 0.6) is 0 Å². The number of carbonyl (C=O) groups is 6. The number of carboxylic acids is 3. The molecule has 4 unspecified atom stereocenters. The molecule has 0 saturated heterocycles. The Labute approximate surface area is 218 Å². The smallest absolute Gasteiger partial charge is 0.326 e. The molecule has 4 atom stereocenters. The summed E-state index contributed by atoms with van der Waals surface area (Å²) in [6, 6.07) is -5.60. The number of rotatable bonds is 20. The van der Waals surface area contributed by atoms with Crippen LogP contribution in [0.3, 0.4) is 0 Å². The first-order chi connectivity index (χ1) is 17.8. The van der Waals surface area contributed by atoms with Gasteiger partial charge in [-0.05, 0) is 45.1 Å². The molecule has 17 nitrogen and oxygen atoms in total. The molecule has 0 spiro atoms. The van der Waals surface area contributed by atoms with Crippen LogP contribution in [-0.2, 0) is 28.8 Å². The largest absolute Gasteiger partial charge is 0.481 e. The minimum atomic E-state index is -1.67. The van der Waals surface area contributed by atoms with Gasteiger partial charge in [-0.25, -0.2) is 4.79 Å². The third-order valence-electron chi connectivity index (χ3n) is 5.16. The van der Waals surface area contributed by atoms with Crippen LogP contribution in [0.1, 0.15) is 51.4 Å². The molecule has 0 aromatic rings. The van der Waals surface area contributed by atoms with Gasteiger partial charge in [-0.1, -0.05) is 0 Å². The predicted molar refractivity (Wildman–Crippen MR) is 133 cm³/mol. The molecule has 14 N–H and O–H groups in total. The van der Waals surface area contributed by atoms with E-state index in [1.54, 1.807) is 0 Å². The summed E-state index contributed by atoms with van der Waals surface area (Å²) in [7, 11) is 0. The van der Waals surface area contributed by atoms with Crippen LogP contribution in [-0.4, -0.2) is 94.2 Å². The number of hydrogen-bond donors (Lipinski definition) is 10. The number of aliphatic carboxylic acids is 3. The monoisotopic (exact) mass is 546 g/mol. The van der Waals surface area contributed by atoms with E-state index in [0.717, 1.165) is 0 Å². The third-order valence-corrected chi connectivity index (χ3v) is 5.16. The molecule has 0 heterocycles. The van der Waals surface area contributed by atoms with Gasteiger partial charge in [0.25, 0.3) is 0 Å². The zero-order valence-electron chi connectivity index (χ0n) is 20.9. The molecule has 0 bridgehead atoms. The number of carbonyl (C=O) groups excluding carboxylic acids is 3. The minimum absolute atomic E-state index is 0.0315. The van der Waals surface area contributed by atoms with Crippen LogP contribution < -0.4 is 38.9 Å². The Balaban J connectivity index is 5.60. The number of aliphatic imine (C=N–C) groups is 1.